The molecule has 11 heteroatoms. The minimum atomic E-state index is -1.62. The number of carbonyl (C=O) groups excluding carboxylic acids is 2. The number of rotatable bonds is 12. The van der Waals surface area contributed by atoms with Crippen molar-refractivity contribution >= 4 is 23.8 Å². The molecule has 4 rings (SSSR count). The predicted molar refractivity (Wildman–Crippen MR) is 148 cm³/mol. The maximum atomic E-state index is 13.8. The molecule has 1 unspecified atom stereocenters. The predicted octanol–water partition coefficient (Wildman–Crippen LogP) is 3.45. The first kappa shape index (κ1) is 29.4. The van der Waals surface area contributed by atoms with Gasteiger partial charge < -0.3 is 25.0 Å². The van der Waals surface area contributed by atoms with Gasteiger partial charge in [-0.3, -0.25) is 14.5 Å². The van der Waals surface area contributed by atoms with Gasteiger partial charge in [0, 0.05) is 23.2 Å². The van der Waals surface area contributed by atoms with Gasteiger partial charge >= 0.3 is 0 Å². The van der Waals surface area contributed by atoms with Crippen LogP contribution >= 0.6 is 11.6 Å². The molecule has 1 amide bonds. The third-order valence-corrected chi connectivity index (χ3v) is 7.01. The highest BCUT2D eigenvalue weighted by Gasteiger charge is 2.35. The van der Waals surface area contributed by atoms with E-state index in [1.807, 2.05) is 0 Å². The van der Waals surface area contributed by atoms with E-state index < -0.39 is 17.3 Å². The Kier molecular flexibility index (Phi) is 9.70. The molecule has 1 saturated heterocycles. The van der Waals surface area contributed by atoms with Gasteiger partial charge in [0.15, 0.2) is 17.8 Å². The van der Waals surface area contributed by atoms with Crippen LogP contribution in [0.5, 0.6) is 11.5 Å². The molecule has 212 valence electrons. The van der Waals surface area contributed by atoms with Crippen LogP contribution in [0.25, 0.3) is 11.3 Å². The highest BCUT2D eigenvalue weighted by atomic mass is 35.5. The van der Waals surface area contributed by atoms with Gasteiger partial charge in [0.25, 0.3) is 5.91 Å². The second kappa shape index (κ2) is 13.2. The number of aliphatic hydroxyl groups is 2. The van der Waals surface area contributed by atoms with E-state index in [2.05, 4.69) is 15.2 Å². The first-order valence-electron chi connectivity index (χ1n) is 12.8. The van der Waals surface area contributed by atoms with Crippen molar-refractivity contribution in [1.29, 1.82) is 0 Å². The molecule has 0 aliphatic carbocycles. The number of methoxy groups -OCH3 is 1. The molecule has 1 atom stereocenters. The summed E-state index contributed by atoms with van der Waals surface area (Å²) in [6.07, 6.45) is 2.61. The number of nitrogens with one attached hydrogen (secondary N) is 1. The summed E-state index contributed by atoms with van der Waals surface area (Å²) in [5.74, 6) is -0.359. The highest BCUT2D eigenvalue weighted by Crippen LogP contribution is 2.31. The first-order valence-corrected chi connectivity index (χ1v) is 13.2. The zero-order chi connectivity index (χ0) is 28.7. The lowest BCUT2D eigenvalue weighted by Gasteiger charge is -2.32. The summed E-state index contributed by atoms with van der Waals surface area (Å²) in [5.41, 5.74) is -0.195. The van der Waals surface area contributed by atoms with E-state index in [-0.39, 0.29) is 53.8 Å². The van der Waals surface area contributed by atoms with E-state index in [4.69, 9.17) is 26.2 Å². The molecule has 0 radical (unpaired) electrons. The van der Waals surface area contributed by atoms with Crippen LogP contribution in [0.4, 0.5) is 4.39 Å². The van der Waals surface area contributed by atoms with Gasteiger partial charge in [-0.2, -0.15) is 0 Å². The average Bonchev–Trinajstić information content (AvgIpc) is 3.48. The van der Waals surface area contributed by atoms with Crippen LogP contribution in [0.1, 0.15) is 39.3 Å². The summed E-state index contributed by atoms with van der Waals surface area (Å²) < 4.78 is 24.5. The van der Waals surface area contributed by atoms with E-state index >= 15 is 0 Å². The molecule has 1 aliphatic heterocycles. The average molecular weight is 572 g/mol. The quantitative estimate of drug-likeness (QED) is 0.283. The van der Waals surface area contributed by atoms with Gasteiger partial charge in [-0.1, -0.05) is 11.6 Å². The summed E-state index contributed by atoms with van der Waals surface area (Å²) in [5, 5.41) is 23.6. The number of ether oxygens (including phenoxy) is 2. The van der Waals surface area contributed by atoms with Crippen molar-refractivity contribution in [2.75, 3.05) is 46.5 Å². The van der Waals surface area contributed by atoms with Crippen molar-refractivity contribution in [2.24, 2.45) is 0 Å². The smallest absolute Gasteiger partial charge is 0.251 e. The zero-order valence-electron chi connectivity index (χ0n) is 22.0. The molecule has 3 N–H and O–H groups in total. The van der Waals surface area contributed by atoms with E-state index in [0.29, 0.717) is 23.3 Å². The number of halogens is 2. The fourth-order valence-corrected chi connectivity index (χ4v) is 4.83. The third kappa shape index (κ3) is 6.76. The zero-order valence-corrected chi connectivity index (χ0v) is 22.8. The SMILES string of the molecule is COc1cc(C(=O)NCC(O)(CN2CCCC2)c2ccc(C=O)c(-c3ccc(F)c(Cl)c3)n2)ccc1OCCO. The van der Waals surface area contributed by atoms with Crippen LogP contribution in [-0.2, 0) is 5.60 Å². The number of pyridine rings is 1. The number of hydrogen-bond donors (Lipinski definition) is 3. The van der Waals surface area contributed by atoms with Crippen LogP contribution in [0, 0.1) is 5.82 Å². The molecule has 1 aliphatic rings. The normalized spacial score (nSPS) is 14.9. The van der Waals surface area contributed by atoms with Crippen LogP contribution < -0.4 is 14.8 Å². The van der Waals surface area contributed by atoms with Gasteiger partial charge in [-0.05, 0) is 74.5 Å². The molecule has 40 heavy (non-hydrogen) atoms. The van der Waals surface area contributed by atoms with Gasteiger partial charge in [0.05, 0.1) is 36.7 Å². The Morgan fingerprint density at radius 2 is 1.95 bits per heavy atom. The van der Waals surface area contributed by atoms with Crippen LogP contribution in [0.15, 0.2) is 48.5 Å². The van der Waals surface area contributed by atoms with Gasteiger partial charge in [-0.15, -0.1) is 0 Å². The fourth-order valence-electron chi connectivity index (χ4n) is 4.65. The maximum absolute atomic E-state index is 13.8. The molecule has 0 spiro atoms. The van der Waals surface area contributed by atoms with Crippen molar-refractivity contribution < 1.29 is 33.7 Å². The summed E-state index contributed by atoms with van der Waals surface area (Å²) in [4.78, 5) is 31.6. The number of aromatic nitrogens is 1. The summed E-state index contributed by atoms with van der Waals surface area (Å²) >= 11 is 5.98. The van der Waals surface area contributed by atoms with E-state index in [0.717, 1.165) is 25.9 Å². The fraction of sp³-hybridized carbons (Fsp3) is 0.345. The Labute approximate surface area is 236 Å². The van der Waals surface area contributed by atoms with Crippen LogP contribution in [0.2, 0.25) is 5.02 Å². The van der Waals surface area contributed by atoms with E-state index in [1.54, 1.807) is 18.2 Å². The standard InChI is InChI=1S/C29H31ClFN3O6/c1-39-25-15-20(5-8-24(25)40-13-12-35)28(37)32-17-29(38,18-34-10-2-3-11-34)26-9-6-21(16-36)27(33-26)19-4-7-23(31)22(30)14-19/h4-9,14-16,35,38H,2-3,10-13,17-18H2,1H3,(H,32,37). The number of hydrogen-bond acceptors (Lipinski definition) is 8. The number of carbonyl (C=O) groups is 2. The topological polar surface area (TPSA) is 121 Å². The Hall–Kier alpha value is -3.57. The second-order valence-electron chi connectivity index (χ2n) is 9.52. The lowest BCUT2D eigenvalue weighted by molar-refractivity contribution is 0.00230. The molecule has 0 saturated carbocycles. The summed E-state index contributed by atoms with van der Waals surface area (Å²) in [7, 11) is 1.44. The minimum Gasteiger partial charge on any atom is -0.493 e. The Balaban J connectivity index is 1.64. The van der Waals surface area contributed by atoms with E-state index in [9.17, 15) is 19.1 Å². The van der Waals surface area contributed by atoms with Gasteiger partial charge in [0.1, 0.15) is 18.0 Å². The Bertz CT molecular complexity index is 1370. The summed E-state index contributed by atoms with van der Waals surface area (Å²) in [6.45, 7) is 1.50. The highest BCUT2D eigenvalue weighted by molar-refractivity contribution is 6.31. The first-order chi connectivity index (χ1) is 19.3. The molecular formula is C29H31ClFN3O6. The summed E-state index contributed by atoms with van der Waals surface area (Å²) in [6, 6.07) is 11.7. The van der Waals surface area contributed by atoms with Crippen LogP contribution in [-0.4, -0.2) is 78.8 Å². The number of nitrogens with zero attached hydrogens (tertiary/aromatic N) is 2. The number of aldehydes is 1. The lowest BCUT2D eigenvalue weighted by Crippen LogP contribution is -2.48. The van der Waals surface area contributed by atoms with Crippen molar-refractivity contribution in [3.05, 3.63) is 76.2 Å². The minimum absolute atomic E-state index is 0.0768. The molecule has 1 aromatic heterocycles. The molecule has 2 aromatic carbocycles. The number of β-amino-alcohol motifs (C(OH)–C–C–N with tert-alkyl or cyclic N) is 1. The molecule has 0 bridgehead atoms. The molecule has 3 aromatic rings. The third-order valence-electron chi connectivity index (χ3n) is 6.72. The number of aliphatic hydroxyl groups excluding tert-OH is 1. The van der Waals surface area contributed by atoms with Crippen molar-refractivity contribution in [3.8, 4) is 22.8 Å². The molecular weight excluding hydrogens is 541 g/mol. The largest absolute Gasteiger partial charge is 0.493 e. The van der Waals surface area contributed by atoms with Gasteiger partial charge in [0.2, 0.25) is 0 Å². The molecule has 9 nitrogen and oxygen atoms in total. The van der Waals surface area contributed by atoms with Crippen molar-refractivity contribution in [1.82, 2.24) is 15.2 Å². The number of benzene rings is 2. The Morgan fingerprint density at radius 3 is 2.62 bits per heavy atom. The number of amides is 1. The lowest BCUT2D eigenvalue weighted by atomic mass is 9.95. The Morgan fingerprint density at radius 1 is 1.18 bits per heavy atom. The molecule has 2 heterocycles. The van der Waals surface area contributed by atoms with Gasteiger partial charge in [-0.25, -0.2) is 9.37 Å². The van der Waals surface area contributed by atoms with Crippen molar-refractivity contribution in [2.45, 2.75) is 18.4 Å². The van der Waals surface area contributed by atoms with Crippen molar-refractivity contribution in [3.63, 3.8) is 0 Å². The molecule has 1 fully saturated rings. The monoisotopic (exact) mass is 571 g/mol. The second-order valence-corrected chi connectivity index (χ2v) is 9.92. The van der Waals surface area contributed by atoms with Crippen LogP contribution in [0.3, 0.4) is 0 Å². The maximum Gasteiger partial charge on any atom is 0.251 e. The number of likely N-dealkylation sites (tertiary alicyclic amines) is 1. The van der Waals surface area contributed by atoms with E-state index in [1.165, 1.54) is 37.4 Å².